The van der Waals surface area contributed by atoms with Crippen LogP contribution in [0.2, 0.25) is 0 Å². The number of ketones is 1. The average molecular weight is 403 g/mol. The van der Waals surface area contributed by atoms with Gasteiger partial charge >= 0.3 is 5.97 Å². The van der Waals surface area contributed by atoms with Crippen LogP contribution >= 0.6 is 0 Å². The van der Waals surface area contributed by atoms with Crippen LogP contribution in [-0.4, -0.2) is 40.4 Å². The SMILES string of the molecule is COc1ccc(N(C)S(=O)(=O)c2cccc(C(=O)O[C@@H]3CCCC3=O)c2)cc1. The van der Waals surface area contributed by atoms with Crippen LogP contribution in [0.5, 0.6) is 5.75 Å². The highest BCUT2D eigenvalue weighted by molar-refractivity contribution is 7.92. The number of carbonyl (C=O) groups excluding carboxylic acids is 2. The molecule has 0 N–H and O–H groups in total. The molecule has 1 aliphatic rings. The third-order valence-corrected chi connectivity index (χ3v) is 6.44. The number of sulfonamides is 1. The van der Waals surface area contributed by atoms with E-state index in [-0.39, 0.29) is 16.2 Å². The van der Waals surface area contributed by atoms with Crippen LogP contribution < -0.4 is 9.04 Å². The van der Waals surface area contributed by atoms with E-state index in [0.717, 1.165) is 4.31 Å². The monoisotopic (exact) mass is 403 g/mol. The summed E-state index contributed by atoms with van der Waals surface area (Å²) in [5.41, 5.74) is 0.536. The summed E-state index contributed by atoms with van der Waals surface area (Å²) in [5.74, 6) is -0.193. The summed E-state index contributed by atoms with van der Waals surface area (Å²) in [6.07, 6.45) is 0.856. The first kappa shape index (κ1) is 19.9. The van der Waals surface area contributed by atoms with E-state index in [1.807, 2.05) is 0 Å². The largest absolute Gasteiger partial charge is 0.497 e. The van der Waals surface area contributed by atoms with E-state index in [1.165, 1.54) is 38.4 Å². The molecular weight excluding hydrogens is 382 g/mol. The summed E-state index contributed by atoms with van der Waals surface area (Å²) >= 11 is 0. The fraction of sp³-hybridized carbons (Fsp3) is 0.300. The Hall–Kier alpha value is -2.87. The number of ether oxygens (including phenoxy) is 2. The first-order chi connectivity index (χ1) is 13.3. The second-order valence-corrected chi connectivity index (χ2v) is 8.42. The van der Waals surface area contributed by atoms with Crippen LogP contribution in [0.4, 0.5) is 5.69 Å². The predicted octanol–water partition coefficient (Wildman–Crippen LogP) is 2.80. The summed E-state index contributed by atoms with van der Waals surface area (Å²) in [7, 11) is -0.931. The lowest BCUT2D eigenvalue weighted by Gasteiger charge is -2.20. The number of esters is 1. The molecule has 0 bridgehead atoms. The number of hydrogen-bond donors (Lipinski definition) is 0. The summed E-state index contributed by atoms with van der Waals surface area (Å²) in [6.45, 7) is 0. The van der Waals surface area contributed by atoms with Crippen molar-refractivity contribution in [2.24, 2.45) is 0 Å². The number of benzene rings is 2. The van der Waals surface area contributed by atoms with Gasteiger partial charge in [-0.25, -0.2) is 13.2 Å². The quantitative estimate of drug-likeness (QED) is 0.689. The number of methoxy groups -OCH3 is 1. The van der Waals surface area contributed by atoms with Gasteiger partial charge in [0, 0.05) is 13.5 Å². The molecule has 0 heterocycles. The Morgan fingerprint density at radius 2 is 1.86 bits per heavy atom. The van der Waals surface area contributed by atoms with Gasteiger partial charge in [0.2, 0.25) is 0 Å². The van der Waals surface area contributed by atoms with Gasteiger partial charge in [0.05, 0.1) is 23.3 Å². The Morgan fingerprint density at radius 3 is 2.46 bits per heavy atom. The summed E-state index contributed by atoms with van der Waals surface area (Å²) in [5, 5.41) is 0. The molecule has 1 atom stereocenters. The molecular formula is C20H21NO6S. The van der Waals surface area contributed by atoms with Gasteiger partial charge in [0.1, 0.15) is 5.75 Å². The molecule has 0 saturated heterocycles. The van der Waals surface area contributed by atoms with Crippen molar-refractivity contribution in [3.05, 3.63) is 54.1 Å². The lowest BCUT2D eigenvalue weighted by atomic mass is 10.2. The molecule has 1 aliphatic carbocycles. The van der Waals surface area contributed by atoms with Crippen molar-refractivity contribution < 1.29 is 27.5 Å². The number of anilines is 1. The maximum atomic E-state index is 12.9. The smallest absolute Gasteiger partial charge is 0.338 e. The first-order valence-corrected chi connectivity index (χ1v) is 10.2. The average Bonchev–Trinajstić information content (AvgIpc) is 3.12. The van der Waals surface area contributed by atoms with Crippen LogP contribution in [0.25, 0.3) is 0 Å². The van der Waals surface area contributed by atoms with Crippen LogP contribution in [0.1, 0.15) is 29.6 Å². The topological polar surface area (TPSA) is 90.0 Å². The van der Waals surface area contributed by atoms with E-state index >= 15 is 0 Å². The second-order valence-electron chi connectivity index (χ2n) is 6.45. The molecule has 8 heteroatoms. The van der Waals surface area contributed by atoms with E-state index in [0.29, 0.717) is 30.7 Å². The third kappa shape index (κ3) is 4.01. The minimum atomic E-state index is -3.89. The van der Waals surface area contributed by atoms with Crippen LogP contribution in [0.3, 0.4) is 0 Å². The second kappa shape index (κ2) is 8.02. The molecule has 1 fully saturated rings. The van der Waals surface area contributed by atoms with Gasteiger partial charge < -0.3 is 9.47 Å². The van der Waals surface area contributed by atoms with E-state index in [9.17, 15) is 18.0 Å². The van der Waals surface area contributed by atoms with Gasteiger partial charge in [-0.2, -0.15) is 0 Å². The fourth-order valence-corrected chi connectivity index (χ4v) is 4.22. The van der Waals surface area contributed by atoms with Gasteiger partial charge in [-0.1, -0.05) is 6.07 Å². The molecule has 0 unspecified atom stereocenters. The zero-order valence-electron chi connectivity index (χ0n) is 15.6. The predicted molar refractivity (Wildman–Crippen MR) is 103 cm³/mol. The minimum Gasteiger partial charge on any atom is -0.497 e. The van der Waals surface area contributed by atoms with E-state index in [1.54, 1.807) is 24.3 Å². The molecule has 0 aliphatic heterocycles. The molecule has 2 aromatic carbocycles. The fourth-order valence-electron chi connectivity index (χ4n) is 2.98. The van der Waals surface area contributed by atoms with Crippen molar-refractivity contribution >= 4 is 27.5 Å². The van der Waals surface area contributed by atoms with Gasteiger partial charge in [-0.05, 0) is 55.3 Å². The molecule has 148 valence electrons. The Labute approximate surface area is 163 Å². The standard InChI is InChI=1S/C20H21NO6S/c1-21(15-9-11-16(26-2)12-10-15)28(24,25)17-6-3-5-14(13-17)20(23)27-19-8-4-7-18(19)22/h3,5-6,9-13,19H,4,7-8H2,1-2H3/t19-/m1/s1. The van der Waals surface area contributed by atoms with Gasteiger partial charge in [-0.3, -0.25) is 9.10 Å². The molecule has 28 heavy (non-hydrogen) atoms. The molecule has 0 aromatic heterocycles. The number of hydrogen-bond acceptors (Lipinski definition) is 6. The molecule has 0 spiro atoms. The Kier molecular flexibility index (Phi) is 5.69. The van der Waals surface area contributed by atoms with Crippen molar-refractivity contribution in [3.8, 4) is 5.75 Å². The lowest BCUT2D eigenvalue weighted by molar-refractivity contribution is -0.124. The molecule has 2 aromatic rings. The molecule has 1 saturated carbocycles. The highest BCUT2D eigenvalue weighted by atomic mass is 32.2. The van der Waals surface area contributed by atoms with Crippen LogP contribution in [0.15, 0.2) is 53.4 Å². The van der Waals surface area contributed by atoms with Crippen molar-refractivity contribution in [1.82, 2.24) is 0 Å². The van der Waals surface area contributed by atoms with Crippen molar-refractivity contribution in [2.75, 3.05) is 18.5 Å². The highest BCUT2D eigenvalue weighted by Gasteiger charge is 2.29. The first-order valence-electron chi connectivity index (χ1n) is 8.79. The van der Waals surface area contributed by atoms with Gasteiger partial charge in [-0.15, -0.1) is 0 Å². The minimum absolute atomic E-state index is 0.0435. The van der Waals surface area contributed by atoms with Crippen molar-refractivity contribution in [1.29, 1.82) is 0 Å². The Bertz CT molecular complexity index is 984. The summed E-state index contributed by atoms with van der Waals surface area (Å²) in [4.78, 5) is 24.0. The maximum absolute atomic E-state index is 12.9. The molecule has 7 nitrogen and oxygen atoms in total. The Morgan fingerprint density at radius 1 is 1.14 bits per heavy atom. The van der Waals surface area contributed by atoms with Crippen molar-refractivity contribution in [3.63, 3.8) is 0 Å². The lowest BCUT2D eigenvalue weighted by Crippen LogP contribution is -2.27. The van der Waals surface area contributed by atoms with Gasteiger partial charge in [0.15, 0.2) is 11.9 Å². The summed E-state index contributed by atoms with van der Waals surface area (Å²) < 4.78 is 37.3. The van der Waals surface area contributed by atoms with E-state index < -0.39 is 22.1 Å². The molecule has 0 amide bonds. The Balaban J connectivity index is 1.82. The zero-order chi connectivity index (χ0) is 20.3. The number of Topliss-reactive ketones (excluding diaryl/α,β-unsaturated/α-hetero) is 1. The van der Waals surface area contributed by atoms with Crippen LogP contribution in [-0.2, 0) is 19.6 Å². The number of carbonyl (C=O) groups is 2. The van der Waals surface area contributed by atoms with Gasteiger partial charge in [0.25, 0.3) is 10.0 Å². The van der Waals surface area contributed by atoms with E-state index in [4.69, 9.17) is 9.47 Å². The summed E-state index contributed by atoms with van der Waals surface area (Å²) in [6, 6.07) is 12.2. The number of nitrogens with zero attached hydrogens (tertiary/aromatic N) is 1. The normalized spacial score (nSPS) is 16.6. The zero-order valence-corrected chi connectivity index (χ0v) is 16.4. The maximum Gasteiger partial charge on any atom is 0.338 e. The third-order valence-electron chi connectivity index (χ3n) is 4.66. The number of rotatable bonds is 6. The highest BCUT2D eigenvalue weighted by Crippen LogP contribution is 2.25. The van der Waals surface area contributed by atoms with E-state index in [2.05, 4.69) is 0 Å². The van der Waals surface area contributed by atoms with Crippen molar-refractivity contribution in [2.45, 2.75) is 30.3 Å². The van der Waals surface area contributed by atoms with Crippen LogP contribution in [0, 0.1) is 0 Å². The molecule has 3 rings (SSSR count). The molecule has 0 radical (unpaired) electrons.